The van der Waals surface area contributed by atoms with E-state index in [-0.39, 0.29) is 11.3 Å². The molecule has 1 N–H and O–H groups in total. The van der Waals surface area contributed by atoms with Crippen LogP contribution in [0.15, 0.2) is 83.4 Å². The molecule has 1 aliphatic rings. The van der Waals surface area contributed by atoms with E-state index >= 15 is 0 Å². The van der Waals surface area contributed by atoms with Crippen molar-refractivity contribution in [3.05, 3.63) is 111 Å². The van der Waals surface area contributed by atoms with Crippen LogP contribution in [0.4, 0.5) is 14.9 Å². The van der Waals surface area contributed by atoms with E-state index in [4.69, 9.17) is 4.74 Å². The fraction of sp³-hybridized carbons (Fsp3) is 0.107. The van der Waals surface area contributed by atoms with Gasteiger partial charge in [0.1, 0.15) is 23.7 Å². The second kappa shape index (κ2) is 10.7. The van der Waals surface area contributed by atoms with Gasteiger partial charge in [0.05, 0.1) is 10.2 Å². The van der Waals surface area contributed by atoms with E-state index in [0.29, 0.717) is 28.8 Å². The molecule has 3 aromatic carbocycles. The predicted octanol–water partition coefficient (Wildman–Crippen LogP) is 5.87. The van der Waals surface area contributed by atoms with Crippen LogP contribution in [0.25, 0.3) is 6.08 Å². The van der Waals surface area contributed by atoms with Crippen molar-refractivity contribution in [3.8, 4) is 5.75 Å². The van der Waals surface area contributed by atoms with Crippen LogP contribution in [0.3, 0.4) is 0 Å². The maximum atomic E-state index is 13.3. The van der Waals surface area contributed by atoms with Crippen LogP contribution >= 0.6 is 15.9 Å². The highest BCUT2D eigenvalue weighted by Gasteiger charge is 2.36. The molecule has 0 bridgehead atoms. The summed E-state index contributed by atoms with van der Waals surface area (Å²) in [5.74, 6) is -1.51. The summed E-state index contributed by atoms with van der Waals surface area (Å²) in [6, 6.07) is 15.5. The van der Waals surface area contributed by atoms with Crippen LogP contribution in [-0.4, -0.2) is 17.8 Å². The Morgan fingerprint density at radius 2 is 1.83 bits per heavy atom. The van der Waals surface area contributed by atoms with Crippen molar-refractivity contribution in [2.75, 3.05) is 4.90 Å². The number of amides is 4. The average molecular weight is 549 g/mol. The van der Waals surface area contributed by atoms with Crippen LogP contribution in [0, 0.1) is 12.7 Å². The van der Waals surface area contributed by atoms with E-state index in [9.17, 15) is 18.8 Å². The Bertz CT molecular complexity index is 1400. The SMILES string of the molecule is C=CCc1cc(/C=C2\C(=O)NC(=O)N(c3ccc(F)cc3)C2=O)cc(Br)c1OCc1cccc(C)c1. The molecule has 0 aliphatic carbocycles. The molecule has 0 spiro atoms. The summed E-state index contributed by atoms with van der Waals surface area (Å²) in [7, 11) is 0. The number of nitrogens with zero attached hydrogens (tertiary/aromatic N) is 1. The fourth-order valence-corrected chi connectivity index (χ4v) is 4.47. The zero-order chi connectivity index (χ0) is 25.8. The lowest BCUT2D eigenvalue weighted by Gasteiger charge is -2.26. The van der Waals surface area contributed by atoms with E-state index in [1.807, 2.05) is 31.2 Å². The second-order valence-electron chi connectivity index (χ2n) is 8.20. The zero-order valence-corrected chi connectivity index (χ0v) is 21.0. The second-order valence-corrected chi connectivity index (χ2v) is 9.05. The van der Waals surface area contributed by atoms with Crippen LogP contribution < -0.4 is 15.0 Å². The summed E-state index contributed by atoms with van der Waals surface area (Å²) in [4.78, 5) is 38.8. The van der Waals surface area contributed by atoms with Crippen molar-refractivity contribution in [2.24, 2.45) is 0 Å². The van der Waals surface area contributed by atoms with E-state index in [1.54, 1.807) is 18.2 Å². The quantitative estimate of drug-likeness (QED) is 0.227. The number of carbonyl (C=O) groups is 3. The largest absolute Gasteiger partial charge is 0.487 e. The Labute approximate surface area is 216 Å². The highest BCUT2D eigenvalue weighted by atomic mass is 79.9. The first-order chi connectivity index (χ1) is 17.3. The van der Waals surface area contributed by atoms with Crippen molar-refractivity contribution >= 4 is 45.5 Å². The van der Waals surface area contributed by atoms with E-state index in [0.717, 1.165) is 33.7 Å². The Balaban J connectivity index is 1.66. The Morgan fingerprint density at radius 3 is 2.53 bits per heavy atom. The number of anilines is 1. The molecule has 0 radical (unpaired) electrons. The summed E-state index contributed by atoms with van der Waals surface area (Å²) in [5, 5.41) is 2.16. The molecule has 3 aromatic rings. The van der Waals surface area contributed by atoms with E-state index in [2.05, 4.69) is 27.8 Å². The number of rotatable bonds is 7. The zero-order valence-electron chi connectivity index (χ0n) is 19.4. The Kier molecular flexibility index (Phi) is 7.45. The van der Waals surface area contributed by atoms with Crippen LogP contribution in [0.1, 0.15) is 22.3 Å². The number of barbiturate groups is 1. The van der Waals surface area contributed by atoms with E-state index < -0.39 is 23.7 Å². The number of ether oxygens (including phenoxy) is 1. The average Bonchev–Trinajstić information content (AvgIpc) is 2.82. The van der Waals surface area contributed by atoms with Gasteiger partial charge in [0, 0.05) is 0 Å². The number of halogens is 2. The first-order valence-electron chi connectivity index (χ1n) is 11.1. The Morgan fingerprint density at radius 1 is 1.08 bits per heavy atom. The fourth-order valence-electron chi connectivity index (χ4n) is 3.83. The highest BCUT2D eigenvalue weighted by molar-refractivity contribution is 9.10. The number of carbonyl (C=O) groups excluding carboxylic acids is 3. The number of urea groups is 1. The normalized spacial score (nSPS) is 14.7. The van der Waals surface area contributed by atoms with Crippen molar-refractivity contribution < 1.29 is 23.5 Å². The number of hydrogen-bond acceptors (Lipinski definition) is 4. The predicted molar refractivity (Wildman–Crippen MR) is 139 cm³/mol. The molecule has 4 amide bonds. The molecule has 182 valence electrons. The topological polar surface area (TPSA) is 75.7 Å². The molecule has 8 heteroatoms. The van der Waals surface area contributed by atoms with Gasteiger partial charge in [0.15, 0.2) is 0 Å². The maximum absolute atomic E-state index is 13.3. The molecule has 0 saturated carbocycles. The number of benzene rings is 3. The molecule has 1 aliphatic heterocycles. The summed E-state index contributed by atoms with van der Waals surface area (Å²) in [6.45, 7) is 6.18. The summed E-state index contributed by atoms with van der Waals surface area (Å²) >= 11 is 3.54. The van der Waals surface area contributed by atoms with Gasteiger partial charge in [-0.2, -0.15) is 0 Å². The van der Waals surface area contributed by atoms with Gasteiger partial charge in [-0.25, -0.2) is 14.1 Å². The third kappa shape index (κ3) is 5.44. The minimum absolute atomic E-state index is 0.144. The van der Waals surface area contributed by atoms with Crippen molar-refractivity contribution in [1.29, 1.82) is 0 Å². The van der Waals surface area contributed by atoms with Gasteiger partial charge in [-0.3, -0.25) is 14.9 Å². The molecule has 0 unspecified atom stereocenters. The third-order valence-corrected chi connectivity index (χ3v) is 6.06. The summed E-state index contributed by atoms with van der Waals surface area (Å²) in [5.41, 5.74) is 3.41. The van der Waals surface area contributed by atoms with Gasteiger partial charge in [0.25, 0.3) is 11.8 Å². The van der Waals surface area contributed by atoms with Crippen LogP contribution in [0.5, 0.6) is 5.75 Å². The number of aryl methyl sites for hydroxylation is 1. The molecule has 4 rings (SSSR count). The van der Waals surface area contributed by atoms with Crippen molar-refractivity contribution in [1.82, 2.24) is 5.32 Å². The number of allylic oxidation sites excluding steroid dienone is 1. The minimum Gasteiger partial charge on any atom is -0.487 e. The number of imide groups is 2. The molecule has 1 saturated heterocycles. The van der Waals surface area contributed by atoms with Gasteiger partial charge in [-0.05, 0) is 88.4 Å². The lowest BCUT2D eigenvalue weighted by Crippen LogP contribution is -2.54. The third-order valence-electron chi connectivity index (χ3n) is 5.47. The molecular weight excluding hydrogens is 527 g/mol. The van der Waals surface area contributed by atoms with Gasteiger partial charge in [-0.15, -0.1) is 6.58 Å². The van der Waals surface area contributed by atoms with Gasteiger partial charge in [-0.1, -0.05) is 35.9 Å². The van der Waals surface area contributed by atoms with Crippen molar-refractivity contribution in [2.45, 2.75) is 20.0 Å². The van der Waals surface area contributed by atoms with Gasteiger partial charge >= 0.3 is 6.03 Å². The summed E-state index contributed by atoms with van der Waals surface area (Å²) < 4.78 is 20.1. The molecule has 1 heterocycles. The number of hydrogen-bond donors (Lipinski definition) is 1. The maximum Gasteiger partial charge on any atom is 0.335 e. The van der Waals surface area contributed by atoms with Crippen molar-refractivity contribution in [3.63, 3.8) is 0 Å². The van der Waals surface area contributed by atoms with Gasteiger partial charge < -0.3 is 4.74 Å². The van der Waals surface area contributed by atoms with Crippen LogP contribution in [0.2, 0.25) is 0 Å². The Hall–Kier alpha value is -4.04. The highest BCUT2D eigenvalue weighted by Crippen LogP contribution is 2.33. The molecule has 0 aromatic heterocycles. The molecule has 1 fully saturated rings. The molecule has 6 nitrogen and oxygen atoms in total. The standard InChI is InChI=1S/C28H22BrFN2O4/c1-3-5-20-13-19(15-24(29)25(20)36-16-18-7-4-6-17(2)12-18)14-23-26(33)31-28(35)32(27(23)34)22-10-8-21(30)9-11-22/h3-4,6-15H,1,5,16H2,2H3,(H,31,33,35)/b23-14+. The molecule has 36 heavy (non-hydrogen) atoms. The smallest absolute Gasteiger partial charge is 0.335 e. The first-order valence-corrected chi connectivity index (χ1v) is 11.8. The summed E-state index contributed by atoms with van der Waals surface area (Å²) in [6.07, 6.45) is 3.62. The lowest BCUT2D eigenvalue weighted by atomic mass is 10.0. The minimum atomic E-state index is -0.901. The molecular formula is C28H22BrFN2O4. The first kappa shape index (κ1) is 25.1. The number of nitrogens with one attached hydrogen (secondary N) is 1. The van der Waals surface area contributed by atoms with E-state index in [1.165, 1.54) is 18.2 Å². The van der Waals surface area contributed by atoms with Gasteiger partial charge in [0.2, 0.25) is 0 Å². The van der Waals surface area contributed by atoms with Crippen LogP contribution in [-0.2, 0) is 22.6 Å². The molecule has 0 atom stereocenters. The lowest BCUT2D eigenvalue weighted by molar-refractivity contribution is -0.122. The monoisotopic (exact) mass is 548 g/mol.